The quantitative estimate of drug-likeness (QED) is 0.657. The molecule has 0 bridgehead atoms. The summed E-state index contributed by atoms with van der Waals surface area (Å²) in [5.41, 5.74) is 8.94. The Morgan fingerprint density at radius 1 is 1.23 bits per heavy atom. The van der Waals surface area contributed by atoms with Crippen molar-refractivity contribution in [1.82, 2.24) is 4.90 Å². The number of hydrogen-bond donors (Lipinski definition) is 3. The van der Waals surface area contributed by atoms with E-state index in [1.807, 2.05) is 17.0 Å². The number of nitrogens with two attached hydrogens (primary N) is 1. The number of nitrogens with zero attached hydrogens (tertiary/aromatic N) is 1. The molecule has 0 radical (unpaired) electrons. The average Bonchev–Trinajstić information content (AvgIpc) is 2.73. The van der Waals surface area contributed by atoms with Gasteiger partial charge in [0.15, 0.2) is 0 Å². The summed E-state index contributed by atoms with van der Waals surface area (Å²) in [6.45, 7) is 7.05. The van der Waals surface area contributed by atoms with Crippen LogP contribution in [-0.2, 0) is 16.9 Å². The number of phenols is 1. The second-order valence-corrected chi connectivity index (χ2v) is 8.68. The highest BCUT2D eigenvalue weighted by atomic mass is 16.3. The Labute approximate surface area is 178 Å². The minimum Gasteiger partial charge on any atom is -0.507 e. The molecule has 1 aliphatic rings. The highest BCUT2D eigenvalue weighted by Crippen LogP contribution is 2.33. The van der Waals surface area contributed by atoms with Crippen LogP contribution in [0.1, 0.15) is 60.4 Å². The van der Waals surface area contributed by atoms with E-state index in [1.165, 1.54) is 5.56 Å². The Kier molecular flexibility index (Phi) is 6.64. The van der Waals surface area contributed by atoms with Crippen molar-refractivity contribution >= 4 is 12.0 Å². The van der Waals surface area contributed by atoms with Crippen molar-refractivity contribution in [3.8, 4) is 5.75 Å². The number of rotatable bonds is 5. The molecule has 3 rings (SSSR count). The van der Waals surface area contributed by atoms with E-state index in [4.69, 9.17) is 5.73 Å². The summed E-state index contributed by atoms with van der Waals surface area (Å²) in [5.74, 6) is 0.532. The van der Waals surface area contributed by atoms with Crippen LogP contribution < -0.4 is 5.73 Å². The van der Waals surface area contributed by atoms with Gasteiger partial charge < -0.3 is 20.8 Å². The minimum absolute atomic E-state index is 0.0142. The van der Waals surface area contributed by atoms with E-state index < -0.39 is 5.60 Å². The van der Waals surface area contributed by atoms with E-state index >= 15 is 0 Å². The van der Waals surface area contributed by atoms with Gasteiger partial charge in [-0.2, -0.15) is 0 Å². The van der Waals surface area contributed by atoms with Crippen LogP contribution >= 0.6 is 0 Å². The van der Waals surface area contributed by atoms with Crippen LogP contribution in [0.15, 0.2) is 42.5 Å². The van der Waals surface area contributed by atoms with Gasteiger partial charge in [0.1, 0.15) is 5.75 Å². The zero-order chi connectivity index (χ0) is 21.9. The molecule has 30 heavy (non-hydrogen) atoms. The molecule has 0 aliphatic carbocycles. The highest BCUT2D eigenvalue weighted by Gasteiger charge is 2.24. The first-order valence-corrected chi connectivity index (χ1v) is 10.5. The molecule has 0 spiro atoms. The largest absolute Gasteiger partial charge is 0.507 e. The fourth-order valence-electron chi connectivity index (χ4n) is 4.05. The third-order valence-corrected chi connectivity index (χ3v) is 5.87. The van der Waals surface area contributed by atoms with Crippen molar-refractivity contribution in [2.75, 3.05) is 13.1 Å². The van der Waals surface area contributed by atoms with Crippen molar-refractivity contribution < 1.29 is 15.0 Å². The van der Waals surface area contributed by atoms with Crippen LogP contribution in [0.5, 0.6) is 5.75 Å². The molecule has 1 aliphatic heterocycles. The van der Waals surface area contributed by atoms with Gasteiger partial charge in [0, 0.05) is 31.3 Å². The number of benzene rings is 2. The Bertz CT molecular complexity index is 936. The highest BCUT2D eigenvalue weighted by molar-refractivity contribution is 5.92. The molecule has 5 heteroatoms. The Hall–Kier alpha value is -2.63. The van der Waals surface area contributed by atoms with E-state index in [0.29, 0.717) is 23.6 Å². The van der Waals surface area contributed by atoms with Crippen LogP contribution in [0.2, 0.25) is 0 Å². The second-order valence-electron chi connectivity index (χ2n) is 8.68. The number of aromatic hydroxyl groups is 1. The SMILES string of the molecule is Cc1cc(/C=C/C(=O)N2CCC(c3cccc(CN)c3)CC2)cc(C(C)(C)O)c1O. The van der Waals surface area contributed by atoms with Gasteiger partial charge in [0.25, 0.3) is 0 Å². The lowest BCUT2D eigenvalue weighted by atomic mass is 9.88. The van der Waals surface area contributed by atoms with Crippen molar-refractivity contribution in [2.45, 2.75) is 51.7 Å². The Morgan fingerprint density at radius 3 is 2.57 bits per heavy atom. The van der Waals surface area contributed by atoms with E-state index in [-0.39, 0.29) is 11.7 Å². The van der Waals surface area contributed by atoms with Gasteiger partial charge in [-0.15, -0.1) is 0 Å². The molecule has 0 saturated carbocycles. The first-order chi connectivity index (χ1) is 14.2. The zero-order valence-electron chi connectivity index (χ0n) is 18.1. The molecule has 0 aromatic heterocycles. The number of hydrogen-bond acceptors (Lipinski definition) is 4. The van der Waals surface area contributed by atoms with Crippen LogP contribution in [-0.4, -0.2) is 34.1 Å². The number of aliphatic hydroxyl groups is 1. The number of phenolic OH excluding ortho intramolecular Hbond substituents is 1. The molecule has 5 nitrogen and oxygen atoms in total. The van der Waals surface area contributed by atoms with Crippen molar-refractivity contribution in [1.29, 1.82) is 0 Å². The van der Waals surface area contributed by atoms with E-state index in [1.54, 1.807) is 39.0 Å². The lowest BCUT2D eigenvalue weighted by molar-refractivity contribution is -0.126. The van der Waals surface area contributed by atoms with Crippen LogP contribution in [0.4, 0.5) is 0 Å². The van der Waals surface area contributed by atoms with Gasteiger partial charge in [0.2, 0.25) is 5.91 Å². The predicted octanol–water partition coefficient (Wildman–Crippen LogP) is 3.81. The van der Waals surface area contributed by atoms with Crippen molar-refractivity contribution in [2.24, 2.45) is 5.73 Å². The average molecular weight is 409 g/mol. The molecule has 4 N–H and O–H groups in total. The van der Waals surface area contributed by atoms with Gasteiger partial charge in [0.05, 0.1) is 5.60 Å². The molecular weight excluding hydrogens is 376 g/mol. The summed E-state index contributed by atoms with van der Waals surface area (Å²) in [7, 11) is 0. The molecule has 0 unspecified atom stereocenters. The number of amides is 1. The molecule has 160 valence electrons. The van der Waals surface area contributed by atoms with Gasteiger partial charge in [-0.1, -0.05) is 24.3 Å². The summed E-state index contributed by atoms with van der Waals surface area (Å²) >= 11 is 0. The predicted molar refractivity (Wildman–Crippen MR) is 120 cm³/mol. The van der Waals surface area contributed by atoms with E-state index in [9.17, 15) is 15.0 Å². The second kappa shape index (κ2) is 9.02. The normalized spacial score (nSPS) is 15.7. The molecule has 1 saturated heterocycles. The fraction of sp³-hybridized carbons (Fsp3) is 0.400. The standard InChI is InChI=1S/C25H32N2O3/c1-17-13-18(15-22(24(17)29)25(2,3)30)7-8-23(28)27-11-9-20(10-12-27)21-6-4-5-19(14-21)16-26/h4-8,13-15,20,29-30H,9-12,16,26H2,1-3H3/b8-7+. The number of carbonyl (C=O) groups is 1. The smallest absolute Gasteiger partial charge is 0.246 e. The van der Waals surface area contributed by atoms with Gasteiger partial charge >= 0.3 is 0 Å². The maximum absolute atomic E-state index is 12.7. The number of likely N-dealkylation sites (tertiary alicyclic amines) is 1. The lowest BCUT2D eigenvalue weighted by Gasteiger charge is -2.31. The van der Waals surface area contributed by atoms with Crippen molar-refractivity contribution in [3.05, 3.63) is 70.3 Å². The zero-order valence-corrected chi connectivity index (χ0v) is 18.1. The summed E-state index contributed by atoms with van der Waals surface area (Å²) in [6, 6.07) is 12.0. The molecule has 2 aromatic carbocycles. The Morgan fingerprint density at radius 2 is 1.93 bits per heavy atom. The molecule has 0 atom stereocenters. The minimum atomic E-state index is -1.16. The first kappa shape index (κ1) is 22.1. The van der Waals surface area contributed by atoms with Gasteiger partial charge in [-0.25, -0.2) is 0 Å². The van der Waals surface area contributed by atoms with Crippen molar-refractivity contribution in [3.63, 3.8) is 0 Å². The van der Waals surface area contributed by atoms with E-state index in [2.05, 4.69) is 18.2 Å². The maximum Gasteiger partial charge on any atom is 0.246 e. The Balaban J connectivity index is 1.65. The number of carbonyl (C=O) groups excluding carboxylic acids is 1. The summed E-state index contributed by atoms with van der Waals surface area (Å²) < 4.78 is 0. The molecule has 2 aromatic rings. The summed E-state index contributed by atoms with van der Waals surface area (Å²) in [5, 5.41) is 20.5. The first-order valence-electron chi connectivity index (χ1n) is 10.5. The third-order valence-electron chi connectivity index (χ3n) is 5.87. The van der Waals surface area contributed by atoms with Gasteiger partial charge in [-0.3, -0.25) is 4.79 Å². The fourth-order valence-corrected chi connectivity index (χ4v) is 4.05. The van der Waals surface area contributed by atoms with Gasteiger partial charge in [-0.05, 0) is 80.0 Å². The molecular formula is C25H32N2O3. The topological polar surface area (TPSA) is 86.8 Å². The number of aryl methyl sites for hydroxylation is 1. The third kappa shape index (κ3) is 5.10. The van der Waals surface area contributed by atoms with E-state index in [0.717, 1.165) is 37.1 Å². The maximum atomic E-state index is 12.7. The lowest BCUT2D eigenvalue weighted by Crippen LogP contribution is -2.36. The monoisotopic (exact) mass is 408 g/mol. The van der Waals surface area contributed by atoms with Crippen LogP contribution in [0, 0.1) is 6.92 Å². The summed E-state index contributed by atoms with van der Waals surface area (Å²) in [6.07, 6.45) is 5.21. The number of piperidine rings is 1. The van der Waals surface area contributed by atoms with Crippen LogP contribution in [0.3, 0.4) is 0 Å². The molecule has 1 fully saturated rings. The van der Waals surface area contributed by atoms with Crippen LogP contribution in [0.25, 0.3) is 6.08 Å². The molecule has 1 heterocycles. The molecule has 1 amide bonds. The summed E-state index contributed by atoms with van der Waals surface area (Å²) in [4.78, 5) is 14.6.